The molecule has 2 atom stereocenters. The van der Waals surface area contributed by atoms with Gasteiger partial charge >= 0.3 is 0 Å². The van der Waals surface area contributed by atoms with Crippen molar-refractivity contribution in [1.82, 2.24) is 0 Å². The van der Waals surface area contributed by atoms with Gasteiger partial charge in [-0.3, -0.25) is 0 Å². The summed E-state index contributed by atoms with van der Waals surface area (Å²) in [6, 6.07) is 22.7. The summed E-state index contributed by atoms with van der Waals surface area (Å²) < 4.78 is 57.4. The van der Waals surface area contributed by atoms with Crippen molar-refractivity contribution in [2.45, 2.75) is 24.3 Å². The van der Waals surface area contributed by atoms with E-state index in [9.17, 15) is 0 Å². The molecule has 2 aliphatic rings. The molecule has 0 aliphatic heterocycles. The average molecular weight is 823 g/mol. The topological polar surface area (TPSA) is 140 Å². The molecule has 0 saturated heterocycles. The van der Waals surface area contributed by atoms with Crippen LogP contribution < -0.4 is 59.2 Å². The van der Waals surface area contributed by atoms with Crippen molar-refractivity contribution < 1.29 is 47.4 Å². The van der Waals surface area contributed by atoms with Crippen molar-refractivity contribution in [2.24, 2.45) is 0 Å². The summed E-state index contributed by atoms with van der Waals surface area (Å²) in [7, 11) is 12.9. The Balaban J connectivity index is 1.20. The van der Waals surface area contributed by atoms with Gasteiger partial charge in [0.05, 0.1) is 70.1 Å². The van der Waals surface area contributed by atoms with Crippen LogP contribution in [0.3, 0.4) is 0 Å². The van der Waals surface area contributed by atoms with E-state index in [1.165, 1.54) is 0 Å². The highest BCUT2D eigenvalue weighted by Gasteiger charge is 2.33. The van der Waals surface area contributed by atoms with Gasteiger partial charge in [-0.2, -0.15) is 0 Å². The van der Waals surface area contributed by atoms with Crippen molar-refractivity contribution in [3.8, 4) is 46.0 Å². The van der Waals surface area contributed by atoms with Gasteiger partial charge in [0.15, 0.2) is 57.4 Å². The second-order valence-electron chi connectivity index (χ2n) is 13.6. The van der Waals surface area contributed by atoms with E-state index in [1.807, 2.05) is 97.1 Å². The Labute approximate surface area is 351 Å². The van der Waals surface area contributed by atoms with E-state index >= 15 is 0 Å². The standard InChI is InChI=1S/C46H54N4O10/c1-51-37-13-9-33(27-41(37)55-5)47-31-17-21-45(22-18-31,49-35-11-15-39(53-3)43(29-35)57-7)59-25-26-60-46(50-36-12-16-40(54-4)44(30-36)58-8)23-19-32(20-24-46)48-34-10-14-38(52-2)42(28-34)56-6/h9-21,23,27-30,47-50H,22,24-26H2,1-8H3. The van der Waals surface area contributed by atoms with Gasteiger partial charge in [0.2, 0.25) is 0 Å². The molecule has 0 amide bonds. The number of hydrogen-bond acceptors (Lipinski definition) is 14. The molecule has 14 heteroatoms. The summed E-state index contributed by atoms with van der Waals surface area (Å²) in [5.41, 5.74) is 3.17. The van der Waals surface area contributed by atoms with E-state index in [2.05, 4.69) is 33.4 Å². The quantitative estimate of drug-likeness (QED) is 0.0471. The van der Waals surface area contributed by atoms with Gasteiger partial charge in [0.25, 0.3) is 0 Å². The van der Waals surface area contributed by atoms with Crippen LogP contribution in [-0.4, -0.2) is 81.5 Å². The number of ether oxygens (including phenoxy) is 10. The maximum Gasteiger partial charge on any atom is 0.162 e. The fraction of sp³-hybridized carbons (Fsp3) is 0.304. The lowest BCUT2D eigenvalue weighted by Gasteiger charge is -2.37. The van der Waals surface area contributed by atoms with Crippen LogP contribution in [0, 0.1) is 0 Å². The van der Waals surface area contributed by atoms with Gasteiger partial charge < -0.3 is 68.6 Å². The maximum absolute atomic E-state index is 6.72. The Morgan fingerprint density at radius 2 is 0.700 bits per heavy atom. The monoisotopic (exact) mass is 822 g/mol. The molecular formula is C46H54N4O10. The minimum absolute atomic E-state index is 0.237. The lowest BCUT2D eigenvalue weighted by Crippen LogP contribution is -2.44. The fourth-order valence-corrected chi connectivity index (χ4v) is 6.83. The SMILES string of the molecule is COc1ccc(NC2=CCC(Nc3ccc(OC)c(OC)c3)(OCCOC3(Nc4ccc(OC)c(OC)c4)C=CC(Nc4ccc(OC)c(OC)c4)=CC3)C=C2)cc1OC. The molecule has 4 aromatic rings. The van der Waals surface area contributed by atoms with Crippen LogP contribution >= 0.6 is 0 Å². The predicted octanol–water partition coefficient (Wildman–Crippen LogP) is 8.62. The zero-order valence-corrected chi connectivity index (χ0v) is 35.3. The lowest BCUT2D eigenvalue weighted by molar-refractivity contribution is -0.0570. The number of methoxy groups -OCH3 is 8. The first-order chi connectivity index (χ1) is 29.2. The Bertz CT molecular complexity index is 2070. The molecule has 0 radical (unpaired) electrons. The summed E-state index contributed by atoms with van der Waals surface area (Å²) in [5.74, 6) is 4.98. The van der Waals surface area contributed by atoms with Gasteiger partial charge in [0.1, 0.15) is 0 Å². The molecule has 6 rings (SSSR count). The summed E-state index contributed by atoms with van der Waals surface area (Å²) in [6.45, 7) is 0.473. The first-order valence-corrected chi connectivity index (χ1v) is 19.3. The predicted molar refractivity (Wildman–Crippen MR) is 234 cm³/mol. The van der Waals surface area contributed by atoms with Crippen LogP contribution in [0.4, 0.5) is 22.7 Å². The molecule has 4 aromatic carbocycles. The van der Waals surface area contributed by atoms with E-state index in [0.717, 1.165) is 34.1 Å². The first kappa shape index (κ1) is 43.0. The third-order valence-corrected chi connectivity index (χ3v) is 9.94. The zero-order valence-electron chi connectivity index (χ0n) is 35.3. The van der Waals surface area contributed by atoms with Crippen LogP contribution in [0.1, 0.15) is 12.8 Å². The third kappa shape index (κ3) is 10.3. The number of rotatable bonds is 21. The van der Waals surface area contributed by atoms with Crippen molar-refractivity contribution in [3.05, 3.63) is 121 Å². The van der Waals surface area contributed by atoms with Crippen LogP contribution in [-0.2, 0) is 9.47 Å². The van der Waals surface area contributed by atoms with Crippen molar-refractivity contribution in [3.63, 3.8) is 0 Å². The molecule has 14 nitrogen and oxygen atoms in total. The normalized spacial score (nSPS) is 18.0. The molecular weight excluding hydrogens is 769 g/mol. The Kier molecular flexibility index (Phi) is 14.2. The molecule has 0 spiro atoms. The Morgan fingerprint density at radius 1 is 0.400 bits per heavy atom. The zero-order chi connectivity index (χ0) is 42.5. The van der Waals surface area contributed by atoms with Gasteiger partial charge in [0, 0.05) is 71.3 Å². The molecule has 4 N–H and O–H groups in total. The van der Waals surface area contributed by atoms with E-state index in [-0.39, 0.29) is 13.2 Å². The molecule has 0 saturated carbocycles. The highest BCUT2D eigenvalue weighted by Crippen LogP contribution is 2.37. The number of hydrogen-bond donors (Lipinski definition) is 4. The largest absolute Gasteiger partial charge is 0.493 e. The van der Waals surface area contributed by atoms with Crippen LogP contribution in [0.15, 0.2) is 121 Å². The second kappa shape index (κ2) is 19.9. The molecule has 2 unspecified atom stereocenters. The summed E-state index contributed by atoms with van der Waals surface area (Å²) in [5, 5.41) is 14.1. The minimum atomic E-state index is -0.936. The van der Waals surface area contributed by atoms with Crippen molar-refractivity contribution >= 4 is 22.7 Å². The van der Waals surface area contributed by atoms with Crippen LogP contribution in [0.5, 0.6) is 46.0 Å². The van der Waals surface area contributed by atoms with Gasteiger partial charge in [-0.15, -0.1) is 0 Å². The van der Waals surface area contributed by atoms with Gasteiger partial charge in [-0.25, -0.2) is 0 Å². The molecule has 0 fully saturated rings. The van der Waals surface area contributed by atoms with E-state index in [0.29, 0.717) is 58.8 Å². The summed E-state index contributed by atoms with van der Waals surface area (Å²) in [6.07, 6.45) is 13.1. The first-order valence-electron chi connectivity index (χ1n) is 19.3. The van der Waals surface area contributed by atoms with Crippen molar-refractivity contribution in [1.29, 1.82) is 0 Å². The molecule has 0 heterocycles. The highest BCUT2D eigenvalue weighted by molar-refractivity contribution is 5.62. The minimum Gasteiger partial charge on any atom is -0.493 e. The Hall–Kier alpha value is -6.64. The van der Waals surface area contributed by atoms with E-state index < -0.39 is 11.4 Å². The third-order valence-electron chi connectivity index (χ3n) is 9.94. The maximum atomic E-state index is 6.72. The Morgan fingerprint density at radius 3 is 0.983 bits per heavy atom. The van der Waals surface area contributed by atoms with Crippen molar-refractivity contribution in [2.75, 3.05) is 91.4 Å². The fourth-order valence-electron chi connectivity index (χ4n) is 6.83. The van der Waals surface area contributed by atoms with Crippen LogP contribution in [0.2, 0.25) is 0 Å². The van der Waals surface area contributed by atoms with E-state index in [4.69, 9.17) is 47.4 Å². The highest BCUT2D eigenvalue weighted by atomic mass is 16.6. The molecule has 60 heavy (non-hydrogen) atoms. The smallest absolute Gasteiger partial charge is 0.162 e. The number of benzene rings is 4. The summed E-state index contributed by atoms with van der Waals surface area (Å²) >= 11 is 0. The van der Waals surface area contributed by atoms with Crippen LogP contribution in [0.25, 0.3) is 0 Å². The van der Waals surface area contributed by atoms with Gasteiger partial charge in [-0.1, -0.05) is 12.2 Å². The molecule has 2 aliphatic carbocycles. The molecule has 0 bridgehead atoms. The molecule has 0 aromatic heterocycles. The number of allylic oxidation sites excluding steroid dienone is 2. The van der Waals surface area contributed by atoms with E-state index in [1.54, 1.807) is 56.9 Å². The van der Waals surface area contributed by atoms with Gasteiger partial charge in [-0.05, 0) is 72.8 Å². The number of anilines is 4. The molecule has 318 valence electrons. The summed E-state index contributed by atoms with van der Waals surface area (Å²) in [4.78, 5) is 0. The average Bonchev–Trinajstić information content (AvgIpc) is 3.29. The second-order valence-corrected chi connectivity index (χ2v) is 13.6. The lowest BCUT2D eigenvalue weighted by atomic mass is 10.0. The number of nitrogens with one attached hydrogen (secondary N) is 4.